The number of nitrogens with zero attached hydrogens (tertiary/aromatic N) is 3. The predicted octanol–water partition coefficient (Wildman–Crippen LogP) is 1.77. The van der Waals surface area contributed by atoms with Crippen molar-refractivity contribution in [3.05, 3.63) is 36.7 Å². The topological polar surface area (TPSA) is 103 Å². The molecule has 27 heavy (non-hydrogen) atoms. The zero-order valence-corrected chi connectivity index (χ0v) is 15.7. The Balaban J connectivity index is 1.82. The third kappa shape index (κ3) is 3.08. The highest BCUT2D eigenvalue weighted by atomic mass is 32.2. The number of aromatic nitrogens is 3. The second-order valence-corrected chi connectivity index (χ2v) is 8.66. The molecule has 1 saturated heterocycles. The van der Waals surface area contributed by atoms with Crippen molar-refractivity contribution in [2.24, 2.45) is 7.05 Å². The Bertz CT molecular complexity index is 1150. The van der Waals surface area contributed by atoms with E-state index in [9.17, 15) is 13.2 Å². The fraction of sp³-hybridized carbons (Fsp3) is 0.278. The number of aryl methyl sites for hydroxylation is 1. The fourth-order valence-corrected chi connectivity index (χ4v) is 4.40. The lowest BCUT2D eigenvalue weighted by Crippen LogP contribution is -2.40. The van der Waals surface area contributed by atoms with Gasteiger partial charge in [0.05, 0.1) is 30.6 Å². The molecule has 3 aromatic rings. The van der Waals surface area contributed by atoms with Gasteiger partial charge in [0.25, 0.3) is 0 Å². The molecule has 0 atom stereocenters. The Labute approximate surface area is 156 Å². The molecular weight excluding hydrogens is 368 g/mol. The van der Waals surface area contributed by atoms with E-state index in [4.69, 9.17) is 4.74 Å². The first kappa shape index (κ1) is 17.6. The number of rotatable bonds is 4. The van der Waals surface area contributed by atoms with Gasteiger partial charge in [0, 0.05) is 31.1 Å². The second kappa shape index (κ2) is 6.43. The van der Waals surface area contributed by atoms with Crippen LogP contribution in [0, 0.1) is 0 Å². The molecule has 8 nitrogen and oxygen atoms in total. The van der Waals surface area contributed by atoms with Gasteiger partial charge in [-0.1, -0.05) is 6.07 Å². The number of pyridine rings is 2. The Morgan fingerprint density at radius 1 is 1.33 bits per heavy atom. The standard InChI is InChI=1S/C18H18N4O4S/c1-11(23)20-17-6-13-14(8-22(2)16(13)7-19-17)15-4-3-5-18(21-15)27(24,25)12-9-26-10-12/h3-8,12H,9-10H2,1-2H3,(H,19,20,23). The first-order chi connectivity index (χ1) is 12.9. The van der Waals surface area contributed by atoms with Crippen LogP contribution >= 0.6 is 0 Å². The van der Waals surface area contributed by atoms with Gasteiger partial charge < -0.3 is 14.6 Å². The molecule has 4 heterocycles. The van der Waals surface area contributed by atoms with Crippen molar-refractivity contribution in [1.29, 1.82) is 0 Å². The first-order valence-corrected chi connectivity index (χ1v) is 9.92. The average molecular weight is 386 g/mol. The summed E-state index contributed by atoms with van der Waals surface area (Å²) in [5.74, 6) is 0.214. The number of anilines is 1. The summed E-state index contributed by atoms with van der Waals surface area (Å²) in [6, 6.07) is 6.72. The van der Waals surface area contributed by atoms with Crippen molar-refractivity contribution >= 4 is 32.5 Å². The molecule has 0 spiro atoms. The number of amides is 1. The van der Waals surface area contributed by atoms with Gasteiger partial charge in [0.1, 0.15) is 11.1 Å². The van der Waals surface area contributed by atoms with Gasteiger partial charge in [-0.05, 0) is 18.2 Å². The summed E-state index contributed by atoms with van der Waals surface area (Å²) in [5.41, 5.74) is 2.16. The van der Waals surface area contributed by atoms with E-state index in [1.165, 1.54) is 13.0 Å². The third-order valence-corrected chi connectivity index (χ3v) is 6.48. The minimum Gasteiger partial charge on any atom is -0.379 e. The number of fused-ring (bicyclic) bond motifs is 1. The van der Waals surface area contributed by atoms with Crippen LogP contribution in [-0.2, 0) is 26.4 Å². The highest BCUT2D eigenvalue weighted by Crippen LogP contribution is 2.31. The number of hydrogen-bond donors (Lipinski definition) is 1. The van der Waals surface area contributed by atoms with Crippen LogP contribution in [0.2, 0.25) is 0 Å². The molecule has 0 aromatic carbocycles. The smallest absolute Gasteiger partial charge is 0.222 e. The molecule has 1 aliphatic heterocycles. The summed E-state index contributed by atoms with van der Waals surface area (Å²) < 4.78 is 32.2. The van der Waals surface area contributed by atoms with Gasteiger partial charge in [0.2, 0.25) is 15.7 Å². The van der Waals surface area contributed by atoms with E-state index < -0.39 is 15.1 Å². The molecule has 3 aromatic heterocycles. The van der Waals surface area contributed by atoms with Crippen molar-refractivity contribution in [3.63, 3.8) is 0 Å². The van der Waals surface area contributed by atoms with E-state index >= 15 is 0 Å². The minimum atomic E-state index is -3.52. The van der Waals surface area contributed by atoms with Crippen molar-refractivity contribution in [2.75, 3.05) is 18.5 Å². The van der Waals surface area contributed by atoms with E-state index in [1.54, 1.807) is 24.4 Å². The first-order valence-electron chi connectivity index (χ1n) is 8.38. The zero-order valence-electron chi connectivity index (χ0n) is 14.8. The van der Waals surface area contributed by atoms with Crippen molar-refractivity contribution in [2.45, 2.75) is 17.2 Å². The average Bonchev–Trinajstić information content (AvgIpc) is 2.89. The Morgan fingerprint density at radius 2 is 2.11 bits per heavy atom. The Morgan fingerprint density at radius 3 is 2.78 bits per heavy atom. The lowest BCUT2D eigenvalue weighted by Gasteiger charge is -2.25. The Kier molecular flexibility index (Phi) is 4.20. The molecule has 1 fully saturated rings. The van der Waals surface area contributed by atoms with Crippen LogP contribution in [0.15, 0.2) is 41.7 Å². The molecule has 0 saturated carbocycles. The van der Waals surface area contributed by atoms with E-state index in [0.29, 0.717) is 11.5 Å². The molecule has 140 valence electrons. The van der Waals surface area contributed by atoms with Crippen molar-refractivity contribution in [3.8, 4) is 11.3 Å². The van der Waals surface area contributed by atoms with Crippen molar-refractivity contribution in [1.82, 2.24) is 14.5 Å². The zero-order chi connectivity index (χ0) is 19.2. The number of carbonyl (C=O) groups is 1. The number of hydrogen-bond acceptors (Lipinski definition) is 6. The molecule has 1 aliphatic rings. The van der Waals surface area contributed by atoms with Gasteiger partial charge in [-0.3, -0.25) is 4.79 Å². The lowest BCUT2D eigenvalue weighted by molar-refractivity contribution is -0.114. The monoisotopic (exact) mass is 386 g/mol. The quantitative estimate of drug-likeness (QED) is 0.733. The summed E-state index contributed by atoms with van der Waals surface area (Å²) >= 11 is 0. The van der Waals surface area contributed by atoms with E-state index in [0.717, 1.165) is 16.5 Å². The van der Waals surface area contributed by atoms with Crippen LogP contribution in [0.1, 0.15) is 6.92 Å². The highest BCUT2D eigenvalue weighted by molar-refractivity contribution is 7.92. The minimum absolute atomic E-state index is 0.0430. The fourth-order valence-electron chi connectivity index (χ4n) is 3.02. The van der Waals surface area contributed by atoms with Gasteiger partial charge in [0.15, 0.2) is 5.03 Å². The molecular formula is C18H18N4O4S. The predicted molar refractivity (Wildman–Crippen MR) is 100 cm³/mol. The highest BCUT2D eigenvalue weighted by Gasteiger charge is 2.35. The van der Waals surface area contributed by atoms with Crippen LogP contribution in [0.25, 0.3) is 22.2 Å². The number of ether oxygens (including phenoxy) is 1. The molecule has 0 unspecified atom stereocenters. The van der Waals surface area contributed by atoms with Gasteiger partial charge >= 0.3 is 0 Å². The summed E-state index contributed by atoms with van der Waals surface area (Å²) in [7, 11) is -1.64. The second-order valence-electron chi connectivity index (χ2n) is 6.49. The normalized spacial score (nSPS) is 14.9. The summed E-state index contributed by atoms with van der Waals surface area (Å²) in [6.45, 7) is 1.82. The maximum Gasteiger partial charge on any atom is 0.222 e. The molecule has 1 amide bonds. The molecule has 1 N–H and O–H groups in total. The lowest BCUT2D eigenvalue weighted by atomic mass is 10.1. The third-order valence-electron chi connectivity index (χ3n) is 4.52. The largest absolute Gasteiger partial charge is 0.379 e. The van der Waals surface area contributed by atoms with Crippen LogP contribution in [0.5, 0.6) is 0 Å². The molecule has 9 heteroatoms. The number of nitrogens with one attached hydrogen (secondary N) is 1. The van der Waals surface area contributed by atoms with Gasteiger partial charge in [-0.2, -0.15) is 0 Å². The molecule has 4 rings (SSSR count). The summed E-state index contributed by atoms with van der Waals surface area (Å²) in [6.07, 6.45) is 3.53. The van der Waals surface area contributed by atoms with Gasteiger partial charge in [-0.15, -0.1) is 0 Å². The number of sulfone groups is 1. The number of carbonyl (C=O) groups excluding carboxylic acids is 1. The van der Waals surface area contributed by atoms with Gasteiger partial charge in [-0.25, -0.2) is 18.4 Å². The van der Waals surface area contributed by atoms with Crippen LogP contribution in [-0.4, -0.2) is 47.3 Å². The Hall–Kier alpha value is -2.78. The van der Waals surface area contributed by atoms with Crippen LogP contribution in [0.3, 0.4) is 0 Å². The molecule has 0 radical (unpaired) electrons. The SMILES string of the molecule is CC(=O)Nc1cc2c(-c3cccc(S(=O)(=O)C4COC4)n3)cn(C)c2cn1. The molecule has 0 bridgehead atoms. The maximum absolute atomic E-state index is 12.6. The summed E-state index contributed by atoms with van der Waals surface area (Å²) in [4.78, 5) is 20.0. The summed E-state index contributed by atoms with van der Waals surface area (Å²) in [5, 5.41) is 2.99. The van der Waals surface area contributed by atoms with Crippen LogP contribution in [0.4, 0.5) is 5.82 Å². The van der Waals surface area contributed by atoms with E-state index in [-0.39, 0.29) is 24.1 Å². The van der Waals surface area contributed by atoms with Crippen LogP contribution < -0.4 is 5.32 Å². The maximum atomic E-state index is 12.6. The van der Waals surface area contributed by atoms with E-state index in [2.05, 4.69) is 15.3 Å². The van der Waals surface area contributed by atoms with Crippen molar-refractivity contribution < 1.29 is 17.9 Å². The molecule has 0 aliphatic carbocycles. The van der Waals surface area contributed by atoms with E-state index in [1.807, 2.05) is 17.8 Å².